The highest BCUT2D eigenvalue weighted by atomic mass is 35.5. The van der Waals surface area contributed by atoms with E-state index in [1.807, 2.05) is 12.1 Å². The van der Waals surface area contributed by atoms with Crippen LogP contribution in [-0.4, -0.2) is 23.5 Å². The average Bonchev–Trinajstić information content (AvgIpc) is 2.67. The van der Waals surface area contributed by atoms with Crippen LogP contribution in [0.2, 0.25) is 5.02 Å². The van der Waals surface area contributed by atoms with E-state index in [1.54, 1.807) is 24.3 Å². The zero-order valence-electron chi connectivity index (χ0n) is 15.5. The molecule has 0 saturated carbocycles. The zero-order chi connectivity index (χ0) is 21.0. The predicted octanol–water partition coefficient (Wildman–Crippen LogP) is 2.69. The minimum atomic E-state index is -3.69. The fourth-order valence-corrected chi connectivity index (χ4v) is 3.81. The number of aromatic nitrogens is 2. The first-order valence-electron chi connectivity index (χ1n) is 8.91. The molecule has 152 valence electrons. The van der Waals surface area contributed by atoms with Crippen LogP contribution in [0.5, 0.6) is 0 Å². The van der Waals surface area contributed by atoms with Gasteiger partial charge in [0.15, 0.2) is 0 Å². The van der Waals surface area contributed by atoms with Crippen LogP contribution in [0, 0.1) is 0 Å². The minimum Gasteiger partial charge on any atom is -0.392 e. The van der Waals surface area contributed by atoms with E-state index < -0.39 is 10.0 Å². The van der Waals surface area contributed by atoms with Gasteiger partial charge in [0.1, 0.15) is 0 Å². The summed E-state index contributed by atoms with van der Waals surface area (Å²) >= 11 is 6.17. The van der Waals surface area contributed by atoms with E-state index in [9.17, 15) is 13.5 Å². The van der Waals surface area contributed by atoms with Crippen LogP contribution in [0.1, 0.15) is 23.2 Å². The van der Waals surface area contributed by atoms with Crippen LogP contribution in [-0.2, 0) is 29.5 Å². The molecule has 29 heavy (non-hydrogen) atoms. The van der Waals surface area contributed by atoms with Crippen molar-refractivity contribution in [3.63, 3.8) is 0 Å². The van der Waals surface area contributed by atoms with Gasteiger partial charge in [0.05, 0.1) is 17.2 Å². The molecule has 2 aromatic carbocycles. The molecule has 1 aromatic heterocycles. The van der Waals surface area contributed by atoms with Crippen molar-refractivity contribution in [3.8, 4) is 11.3 Å². The summed E-state index contributed by atoms with van der Waals surface area (Å²) in [4.78, 5) is 8.66. The average molecular weight is 433 g/mol. The molecule has 0 fully saturated rings. The second-order valence-corrected chi connectivity index (χ2v) is 8.54. The Morgan fingerprint density at radius 1 is 1.03 bits per heavy atom. The molecule has 0 radical (unpaired) electrons. The number of sulfonamides is 1. The first-order valence-corrected chi connectivity index (χ1v) is 10.8. The Hall–Kier alpha value is -2.52. The number of aliphatic hydroxyl groups excluding tert-OH is 1. The van der Waals surface area contributed by atoms with Crippen molar-refractivity contribution in [1.82, 2.24) is 9.97 Å². The van der Waals surface area contributed by atoms with Gasteiger partial charge >= 0.3 is 0 Å². The summed E-state index contributed by atoms with van der Waals surface area (Å²) in [5.41, 5.74) is 9.57. The monoisotopic (exact) mass is 432 g/mol. The largest absolute Gasteiger partial charge is 0.392 e. The first kappa shape index (κ1) is 21.2. The van der Waals surface area contributed by atoms with E-state index in [-0.39, 0.29) is 17.5 Å². The lowest BCUT2D eigenvalue weighted by atomic mass is 10.0. The highest BCUT2D eigenvalue weighted by Crippen LogP contribution is 2.29. The Morgan fingerprint density at radius 2 is 1.76 bits per heavy atom. The molecule has 0 bridgehead atoms. The third-order valence-electron chi connectivity index (χ3n) is 4.50. The van der Waals surface area contributed by atoms with Gasteiger partial charge in [-0.1, -0.05) is 35.9 Å². The molecule has 0 saturated heterocycles. The maximum Gasteiger partial charge on any atom is 0.238 e. The number of rotatable bonds is 7. The number of hydrogen-bond acceptors (Lipinski definition) is 6. The van der Waals surface area contributed by atoms with Gasteiger partial charge in [-0.05, 0) is 49.1 Å². The Morgan fingerprint density at radius 3 is 2.41 bits per heavy atom. The molecule has 0 aliphatic carbocycles. The molecule has 0 unspecified atom stereocenters. The lowest BCUT2D eigenvalue weighted by molar-refractivity contribution is 0.282. The Balaban J connectivity index is 1.74. The van der Waals surface area contributed by atoms with Gasteiger partial charge in [0.25, 0.3) is 0 Å². The summed E-state index contributed by atoms with van der Waals surface area (Å²) < 4.78 is 22.6. The second kappa shape index (κ2) is 8.87. The number of anilines is 1. The van der Waals surface area contributed by atoms with Crippen LogP contribution in [0.25, 0.3) is 11.3 Å². The zero-order valence-corrected chi connectivity index (χ0v) is 17.1. The lowest BCUT2D eigenvalue weighted by Crippen LogP contribution is -2.11. The Bertz CT molecular complexity index is 1120. The lowest BCUT2D eigenvalue weighted by Gasteiger charge is -2.11. The number of benzene rings is 2. The van der Waals surface area contributed by atoms with Gasteiger partial charge in [-0.15, -0.1) is 0 Å². The van der Waals surface area contributed by atoms with E-state index in [0.717, 1.165) is 24.1 Å². The molecule has 3 aromatic rings. The number of nitrogens with two attached hydrogens (primary N) is 2. The maximum absolute atomic E-state index is 11.3. The van der Waals surface area contributed by atoms with Gasteiger partial charge < -0.3 is 10.8 Å². The molecule has 5 N–H and O–H groups in total. The fourth-order valence-electron chi connectivity index (χ4n) is 3.06. The topological polar surface area (TPSA) is 132 Å². The van der Waals surface area contributed by atoms with Gasteiger partial charge in [0, 0.05) is 21.8 Å². The highest BCUT2D eigenvalue weighted by molar-refractivity contribution is 7.89. The summed E-state index contributed by atoms with van der Waals surface area (Å²) in [6.07, 6.45) is 2.18. The van der Waals surface area contributed by atoms with Crippen LogP contribution >= 0.6 is 11.6 Å². The number of primary sulfonamides is 1. The predicted molar refractivity (Wildman–Crippen MR) is 113 cm³/mol. The number of aryl methyl sites for hydroxylation is 2. The molecular formula is C20H21ClN4O3S. The van der Waals surface area contributed by atoms with Crippen molar-refractivity contribution >= 4 is 27.6 Å². The molecule has 0 atom stereocenters. The van der Waals surface area contributed by atoms with Crippen LogP contribution in [0.15, 0.2) is 53.4 Å². The van der Waals surface area contributed by atoms with Gasteiger partial charge in [-0.2, -0.15) is 0 Å². The second-order valence-electron chi connectivity index (χ2n) is 6.57. The van der Waals surface area contributed by atoms with Crippen molar-refractivity contribution in [2.75, 3.05) is 5.73 Å². The summed E-state index contributed by atoms with van der Waals surface area (Å²) in [6, 6.07) is 13.7. The van der Waals surface area contributed by atoms with Crippen LogP contribution in [0.4, 0.5) is 5.95 Å². The highest BCUT2D eigenvalue weighted by Gasteiger charge is 2.12. The minimum absolute atomic E-state index is 0.0932. The molecule has 1 heterocycles. The molecule has 0 amide bonds. The summed E-state index contributed by atoms with van der Waals surface area (Å²) in [5, 5.41) is 15.2. The normalized spacial score (nSPS) is 11.6. The third-order valence-corrected chi connectivity index (χ3v) is 5.78. The van der Waals surface area contributed by atoms with Gasteiger partial charge in [-0.25, -0.2) is 23.5 Å². The van der Waals surface area contributed by atoms with Crippen molar-refractivity contribution in [2.45, 2.75) is 30.8 Å². The SMILES string of the molecule is Nc1nc(CCCc2ccc(S(N)(=O)=O)cc2)cc(-c2cccc(Cl)c2CO)n1. The van der Waals surface area contributed by atoms with E-state index >= 15 is 0 Å². The fraction of sp³-hybridized carbons (Fsp3) is 0.200. The Labute approximate surface area is 174 Å². The smallest absolute Gasteiger partial charge is 0.238 e. The number of hydrogen-bond donors (Lipinski definition) is 3. The Kier molecular flexibility index (Phi) is 6.49. The van der Waals surface area contributed by atoms with Crippen molar-refractivity contribution in [1.29, 1.82) is 0 Å². The van der Waals surface area contributed by atoms with Gasteiger partial charge in [-0.3, -0.25) is 0 Å². The molecule has 7 nitrogen and oxygen atoms in total. The summed E-state index contributed by atoms with van der Waals surface area (Å²) in [7, 11) is -3.69. The molecule has 0 spiro atoms. The number of halogens is 1. The van der Waals surface area contributed by atoms with E-state index in [0.29, 0.717) is 28.3 Å². The number of aliphatic hydroxyl groups is 1. The standard InChI is InChI=1S/C20H21ClN4O3S/c21-18-6-2-5-16(17(18)12-26)19-11-14(24-20(22)25-19)4-1-3-13-7-9-15(10-8-13)29(23,27)28/h2,5-11,26H,1,3-4,12H2,(H2,22,24,25)(H2,23,27,28). The number of nitrogen functional groups attached to an aromatic ring is 1. The summed E-state index contributed by atoms with van der Waals surface area (Å²) in [5.74, 6) is 0.152. The van der Waals surface area contributed by atoms with Gasteiger partial charge in [0.2, 0.25) is 16.0 Å². The van der Waals surface area contributed by atoms with E-state index in [2.05, 4.69) is 9.97 Å². The maximum atomic E-state index is 11.3. The molecule has 0 aliphatic rings. The first-order chi connectivity index (χ1) is 13.8. The van der Waals surface area contributed by atoms with Crippen molar-refractivity contribution in [3.05, 3.63) is 70.4 Å². The molecular weight excluding hydrogens is 412 g/mol. The number of nitrogens with zero attached hydrogens (tertiary/aromatic N) is 2. The van der Waals surface area contributed by atoms with Crippen molar-refractivity contribution in [2.24, 2.45) is 5.14 Å². The van der Waals surface area contributed by atoms with E-state index in [4.69, 9.17) is 22.5 Å². The van der Waals surface area contributed by atoms with Crippen molar-refractivity contribution < 1.29 is 13.5 Å². The molecule has 3 rings (SSSR count). The molecule has 0 aliphatic heterocycles. The molecule has 9 heteroatoms. The summed E-state index contributed by atoms with van der Waals surface area (Å²) in [6.45, 7) is -0.206. The quantitative estimate of drug-likeness (QED) is 0.525. The third kappa shape index (κ3) is 5.30. The van der Waals surface area contributed by atoms with Crippen LogP contribution in [0.3, 0.4) is 0 Å². The van der Waals surface area contributed by atoms with Crippen LogP contribution < -0.4 is 10.9 Å². The van der Waals surface area contributed by atoms with E-state index in [1.165, 1.54) is 12.1 Å².